The van der Waals surface area contributed by atoms with Gasteiger partial charge in [-0.05, 0) is 57.1 Å². The zero-order chi connectivity index (χ0) is 22.7. The number of ether oxygens (including phenoxy) is 1. The minimum Gasteiger partial charge on any atom is -0.460 e. The second-order valence-corrected chi connectivity index (χ2v) is 9.56. The molecule has 0 aliphatic carbocycles. The van der Waals surface area contributed by atoms with Crippen LogP contribution in [0.2, 0.25) is 0 Å². The van der Waals surface area contributed by atoms with Crippen LogP contribution in [-0.4, -0.2) is 29.0 Å². The Labute approximate surface area is 181 Å². The topological polar surface area (TPSA) is 80.3 Å². The van der Waals surface area contributed by atoms with Crippen LogP contribution in [0.3, 0.4) is 0 Å². The van der Waals surface area contributed by atoms with Gasteiger partial charge < -0.3 is 4.74 Å². The fraction of sp³-hybridized carbons (Fsp3) is 0.625. The molecule has 1 aromatic heterocycles. The van der Waals surface area contributed by atoms with Gasteiger partial charge in [-0.2, -0.15) is 0 Å². The molecule has 0 aliphatic heterocycles. The number of hydrogen-bond acceptors (Lipinski definition) is 5. The lowest BCUT2D eigenvalue weighted by molar-refractivity contribution is -0.164. The van der Waals surface area contributed by atoms with Crippen molar-refractivity contribution in [2.24, 2.45) is 23.7 Å². The Morgan fingerprint density at radius 3 is 2.37 bits per heavy atom. The molecule has 0 aromatic carbocycles. The molecule has 2 N–H and O–H groups in total. The van der Waals surface area contributed by atoms with Crippen LogP contribution in [0.25, 0.3) is 6.08 Å². The van der Waals surface area contributed by atoms with E-state index in [1.54, 1.807) is 12.4 Å². The third-order valence-corrected chi connectivity index (χ3v) is 4.36. The first-order valence-electron chi connectivity index (χ1n) is 10.8. The number of carbonyl (C=O) groups excluding carboxylic acids is 2. The molecular formula is C24H39N3O3. The molecule has 0 bridgehead atoms. The fourth-order valence-electron chi connectivity index (χ4n) is 3.02. The highest BCUT2D eigenvalue weighted by Gasteiger charge is 2.36. The van der Waals surface area contributed by atoms with Gasteiger partial charge >= 0.3 is 5.97 Å². The van der Waals surface area contributed by atoms with Gasteiger partial charge in [0.1, 0.15) is 5.60 Å². The van der Waals surface area contributed by atoms with Crippen LogP contribution in [0.15, 0.2) is 30.6 Å². The minimum absolute atomic E-state index is 0.171. The van der Waals surface area contributed by atoms with Crippen molar-refractivity contribution in [3.63, 3.8) is 0 Å². The Hall–Kier alpha value is -2.21. The summed E-state index contributed by atoms with van der Waals surface area (Å²) in [5.41, 5.74) is 6.11. The molecule has 0 radical (unpaired) electrons. The summed E-state index contributed by atoms with van der Waals surface area (Å²) in [6, 6.07) is 3.81. The Bertz CT molecular complexity index is 679. The number of esters is 1. The maximum Gasteiger partial charge on any atom is 0.310 e. The molecule has 1 rings (SSSR count). The van der Waals surface area contributed by atoms with E-state index in [0.29, 0.717) is 25.3 Å². The van der Waals surface area contributed by atoms with Gasteiger partial charge in [-0.3, -0.25) is 20.0 Å². The highest BCUT2D eigenvalue weighted by Crippen LogP contribution is 2.28. The number of allylic oxidation sites excluding steroid dienone is 1. The first-order chi connectivity index (χ1) is 14.0. The molecule has 1 heterocycles. The van der Waals surface area contributed by atoms with Crippen molar-refractivity contribution in [2.75, 3.05) is 6.54 Å². The maximum atomic E-state index is 13.0. The van der Waals surface area contributed by atoms with E-state index in [1.165, 1.54) is 0 Å². The average Bonchev–Trinajstić information content (AvgIpc) is 2.62. The first kappa shape index (κ1) is 25.8. The number of hydrogen-bond donors (Lipinski definition) is 2. The van der Waals surface area contributed by atoms with Gasteiger partial charge in [0.05, 0.1) is 11.8 Å². The molecule has 0 unspecified atom stereocenters. The predicted octanol–water partition coefficient (Wildman–Crippen LogP) is 4.38. The summed E-state index contributed by atoms with van der Waals surface area (Å²) in [6.45, 7) is 14.4. The molecule has 6 heteroatoms. The lowest BCUT2D eigenvalue weighted by atomic mass is 9.82. The SMILES string of the molecule is CC(C)CNNC(=O)[C@H](CC(C)C)[C@H](C/C=C/c1cccnc1)C(=O)OC(C)(C)C. The van der Waals surface area contributed by atoms with Crippen LogP contribution in [0.5, 0.6) is 0 Å². The van der Waals surface area contributed by atoms with E-state index in [-0.39, 0.29) is 17.8 Å². The zero-order valence-corrected chi connectivity index (χ0v) is 19.6. The van der Waals surface area contributed by atoms with E-state index < -0.39 is 17.4 Å². The number of aromatic nitrogens is 1. The third-order valence-electron chi connectivity index (χ3n) is 4.36. The quantitative estimate of drug-likeness (QED) is 0.412. The van der Waals surface area contributed by atoms with Crippen molar-refractivity contribution < 1.29 is 14.3 Å². The van der Waals surface area contributed by atoms with Crippen molar-refractivity contribution in [2.45, 2.75) is 66.9 Å². The Morgan fingerprint density at radius 2 is 1.83 bits per heavy atom. The van der Waals surface area contributed by atoms with Gasteiger partial charge in [-0.25, -0.2) is 5.43 Å². The van der Waals surface area contributed by atoms with E-state index in [1.807, 2.05) is 45.1 Å². The number of nitrogens with one attached hydrogen (secondary N) is 2. The molecule has 0 saturated carbocycles. The number of nitrogens with zero attached hydrogens (tertiary/aromatic N) is 1. The van der Waals surface area contributed by atoms with Crippen molar-refractivity contribution in [3.8, 4) is 0 Å². The molecule has 0 spiro atoms. The van der Waals surface area contributed by atoms with Crippen LogP contribution in [0, 0.1) is 23.7 Å². The van der Waals surface area contributed by atoms with Crippen LogP contribution in [0.1, 0.15) is 66.9 Å². The third kappa shape index (κ3) is 10.5. The summed E-state index contributed by atoms with van der Waals surface area (Å²) in [4.78, 5) is 30.1. The maximum absolute atomic E-state index is 13.0. The highest BCUT2D eigenvalue weighted by molar-refractivity contribution is 5.85. The van der Waals surface area contributed by atoms with Crippen LogP contribution in [0.4, 0.5) is 0 Å². The molecule has 1 aromatic rings. The molecule has 30 heavy (non-hydrogen) atoms. The van der Waals surface area contributed by atoms with Gasteiger partial charge in [0.25, 0.3) is 0 Å². The zero-order valence-electron chi connectivity index (χ0n) is 19.6. The highest BCUT2D eigenvalue weighted by atomic mass is 16.6. The summed E-state index contributed by atoms with van der Waals surface area (Å²) in [5.74, 6) is -0.910. The van der Waals surface area contributed by atoms with Crippen molar-refractivity contribution in [1.29, 1.82) is 0 Å². The summed E-state index contributed by atoms with van der Waals surface area (Å²) in [7, 11) is 0. The normalized spacial score (nSPS) is 14.2. The van der Waals surface area contributed by atoms with Gasteiger partial charge in [-0.1, -0.05) is 45.9 Å². The summed E-state index contributed by atoms with van der Waals surface area (Å²) in [6.07, 6.45) is 8.33. The number of carbonyl (C=O) groups is 2. The van der Waals surface area contributed by atoms with Crippen molar-refractivity contribution >= 4 is 18.0 Å². The molecule has 2 atom stereocenters. The van der Waals surface area contributed by atoms with Crippen molar-refractivity contribution in [3.05, 3.63) is 36.2 Å². The second kappa shape index (κ2) is 12.5. The standard InChI is InChI=1S/C24H39N3O3/c1-17(2)14-21(22(28)27-26-15-18(3)4)20(23(29)30-24(5,6)7)12-8-10-19-11-9-13-25-16-19/h8-11,13,16-18,20-21,26H,12,14-15H2,1-7H3,(H,27,28)/b10-8+/t20-,21+/m0/s1. The van der Waals surface area contributed by atoms with Crippen LogP contribution >= 0.6 is 0 Å². The predicted molar refractivity (Wildman–Crippen MR) is 121 cm³/mol. The van der Waals surface area contributed by atoms with E-state index >= 15 is 0 Å². The van der Waals surface area contributed by atoms with E-state index in [9.17, 15) is 9.59 Å². The van der Waals surface area contributed by atoms with Crippen molar-refractivity contribution in [1.82, 2.24) is 15.8 Å². The number of rotatable bonds is 11. The summed E-state index contributed by atoms with van der Waals surface area (Å²) < 4.78 is 5.67. The lowest BCUT2D eigenvalue weighted by Crippen LogP contribution is -2.47. The van der Waals surface area contributed by atoms with E-state index in [0.717, 1.165) is 5.56 Å². The number of pyridine rings is 1. The van der Waals surface area contributed by atoms with Crippen LogP contribution in [-0.2, 0) is 14.3 Å². The molecule has 168 valence electrons. The monoisotopic (exact) mass is 417 g/mol. The molecular weight excluding hydrogens is 378 g/mol. The second-order valence-electron chi connectivity index (χ2n) is 9.56. The first-order valence-corrected chi connectivity index (χ1v) is 10.8. The van der Waals surface area contributed by atoms with Gasteiger partial charge in [0, 0.05) is 18.9 Å². The summed E-state index contributed by atoms with van der Waals surface area (Å²) in [5, 5.41) is 0. The Morgan fingerprint density at radius 1 is 1.13 bits per heavy atom. The number of hydrazine groups is 1. The molecule has 6 nitrogen and oxygen atoms in total. The molecule has 0 saturated heterocycles. The van der Waals surface area contributed by atoms with E-state index in [2.05, 4.69) is 43.5 Å². The molecule has 0 fully saturated rings. The largest absolute Gasteiger partial charge is 0.460 e. The average molecular weight is 418 g/mol. The Kier molecular flexibility index (Phi) is 10.7. The Balaban J connectivity index is 3.05. The van der Waals surface area contributed by atoms with Gasteiger partial charge in [-0.15, -0.1) is 0 Å². The molecule has 0 aliphatic rings. The summed E-state index contributed by atoms with van der Waals surface area (Å²) >= 11 is 0. The molecule has 1 amide bonds. The smallest absolute Gasteiger partial charge is 0.310 e. The fourth-order valence-corrected chi connectivity index (χ4v) is 3.02. The van der Waals surface area contributed by atoms with Crippen LogP contribution < -0.4 is 10.9 Å². The minimum atomic E-state index is -0.614. The van der Waals surface area contributed by atoms with E-state index in [4.69, 9.17) is 4.74 Å². The van der Waals surface area contributed by atoms with Gasteiger partial charge in [0.2, 0.25) is 5.91 Å². The number of amides is 1. The lowest BCUT2D eigenvalue weighted by Gasteiger charge is -2.29. The van der Waals surface area contributed by atoms with Gasteiger partial charge in [0.15, 0.2) is 0 Å².